The molecule has 0 aliphatic carbocycles. The van der Waals surface area contributed by atoms with Crippen LogP contribution in [-0.2, 0) is 42.7 Å². The topological polar surface area (TPSA) is 35.2 Å². The molecule has 0 saturated carbocycles. The predicted octanol–water partition coefficient (Wildman–Crippen LogP) is 19.1. The second-order valence-electron chi connectivity index (χ2n) is 24.7. The van der Waals surface area contributed by atoms with Crippen molar-refractivity contribution >= 4 is 76.5 Å². The summed E-state index contributed by atoms with van der Waals surface area (Å²) in [6.07, 6.45) is 1.91. The third-order valence-corrected chi connectivity index (χ3v) is 15.3. The van der Waals surface area contributed by atoms with Gasteiger partial charge in [-0.3, -0.25) is 0 Å². The zero-order valence-electron chi connectivity index (χ0n) is 45.8. The van der Waals surface area contributed by atoms with Gasteiger partial charge in [0.05, 0.1) is 0 Å². The van der Waals surface area contributed by atoms with Crippen molar-refractivity contribution < 1.29 is 25.8 Å². The van der Waals surface area contributed by atoms with Crippen LogP contribution in [0.4, 0.5) is 11.4 Å². The molecule has 0 spiro atoms. The minimum atomic E-state index is -0.143. The monoisotopic (exact) mass is 1170 g/mol. The summed E-state index contributed by atoms with van der Waals surface area (Å²) >= 11 is 0. The molecule has 8 aromatic carbocycles. The standard InChI is InChI=1S/C70H65N4O.Pt/c1-67(2,3)45-33-34-71-64(40-45)74-61-29-18-17-27-56(61)57-32-31-51(42-63(57)74)75-50-22-19-21-49(41-50)72-43-73-65-59(44-35-46(68(4,5)6)37-47(36-44)69(7,8)9)38-48(70(10,11)12)39-60(65)55-26-16-14-24-53(55)52-23-13-15-25-54(52)58-28-20-30-62(72)66(58)73;/h13-40,43H,1-12H3;/q-3;. The van der Waals surface area contributed by atoms with E-state index in [9.17, 15) is 0 Å². The van der Waals surface area contributed by atoms with Gasteiger partial charge in [-0.25, -0.2) is 4.98 Å². The molecule has 0 bridgehead atoms. The van der Waals surface area contributed by atoms with Gasteiger partial charge >= 0.3 is 0 Å². The van der Waals surface area contributed by atoms with Crippen LogP contribution in [0.3, 0.4) is 0 Å². The van der Waals surface area contributed by atoms with Crippen LogP contribution in [0.25, 0.3) is 82.1 Å². The molecule has 4 heterocycles. The number of anilines is 2. The molecular weight excluding hydrogens is 1110 g/mol. The number of pyridine rings is 1. The SMILES string of the molecule is CC(C)(C)c1cc(-c2cc(C(C)(C)C)cc3c4ccccc4c4ccccc4c4cccc5c4n(c23)[CH-]N5c2[c-]c(Oc3[c-]c4c(cc3)c3ccccc3n4-c3cc(C(C)(C)C)ccn3)ccc2)cc(C(C)(C)C)c1.[Pt]. The van der Waals surface area contributed by atoms with E-state index in [0.717, 1.165) is 55.4 Å². The van der Waals surface area contributed by atoms with Crippen LogP contribution in [0, 0.1) is 18.8 Å². The van der Waals surface area contributed by atoms with Crippen LogP contribution in [0.15, 0.2) is 170 Å². The number of para-hydroxylation sites is 2. The van der Waals surface area contributed by atoms with Crippen molar-refractivity contribution in [2.45, 2.75) is 105 Å². The molecular formula is C70H65N4OPt-3. The predicted molar refractivity (Wildman–Crippen MR) is 317 cm³/mol. The Morgan fingerprint density at radius 1 is 0.447 bits per heavy atom. The average Bonchev–Trinajstić information content (AvgIpc) is 3.99. The van der Waals surface area contributed by atoms with E-state index in [1.165, 1.54) is 60.3 Å². The van der Waals surface area contributed by atoms with Gasteiger partial charge in [0.1, 0.15) is 5.82 Å². The smallest absolute Gasteiger partial charge is 0.135 e. The van der Waals surface area contributed by atoms with Gasteiger partial charge < -0.3 is 18.8 Å². The van der Waals surface area contributed by atoms with Crippen molar-refractivity contribution in [3.05, 3.63) is 211 Å². The Labute approximate surface area is 462 Å². The minimum Gasteiger partial charge on any atom is -0.509 e. The summed E-state index contributed by atoms with van der Waals surface area (Å²) in [7, 11) is 0. The molecule has 3 aromatic heterocycles. The normalized spacial score (nSPS) is 13.0. The summed E-state index contributed by atoms with van der Waals surface area (Å²) in [5.41, 5.74) is 13.3. The maximum Gasteiger partial charge on any atom is 0.135 e. The Morgan fingerprint density at radius 3 is 1.64 bits per heavy atom. The van der Waals surface area contributed by atoms with Crippen LogP contribution >= 0.6 is 0 Å². The first-order valence-corrected chi connectivity index (χ1v) is 26.4. The zero-order valence-corrected chi connectivity index (χ0v) is 48.0. The maximum atomic E-state index is 6.83. The fraction of sp³-hybridized carbons (Fsp3) is 0.229. The third-order valence-electron chi connectivity index (χ3n) is 15.3. The first-order valence-electron chi connectivity index (χ1n) is 26.4. The number of aromatic nitrogens is 3. The largest absolute Gasteiger partial charge is 0.509 e. The van der Waals surface area contributed by atoms with Gasteiger partial charge in [-0.2, -0.15) is 12.1 Å². The van der Waals surface area contributed by atoms with E-state index in [1.807, 2.05) is 18.3 Å². The zero-order chi connectivity index (χ0) is 52.3. The first-order chi connectivity index (χ1) is 35.7. The van der Waals surface area contributed by atoms with E-state index < -0.39 is 0 Å². The van der Waals surface area contributed by atoms with E-state index in [1.54, 1.807) is 0 Å². The summed E-state index contributed by atoms with van der Waals surface area (Å²) < 4.78 is 11.5. The number of ether oxygens (including phenoxy) is 1. The van der Waals surface area contributed by atoms with Gasteiger partial charge in [0.2, 0.25) is 0 Å². The number of benzene rings is 8. The minimum absolute atomic E-state index is 0. The van der Waals surface area contributed by atoms with E-state index in [-0.39, 0.29) is 42.7 Å². The molecule has 0 fully saturated rings. The van der Waals surface area contributed by atoms with Gasteiger partial charge in [0, 0.05) is 50.0 Å². The summed E-state index contributed by atoms with van der Waals surface area (Å²) in [6.45, 7) is 30.0. The van der Waals surface area contributed by atoms with Gasteiger partial charge in [0.15, 0.2) is 0 Å². The average molecular weight is 1170 g/mol. The van der Waals surface area contributed by atoms with Crippen molar-refractivity contribution in [1.29, 1.82) is 0 Å². The summed E-state index contributed by atoms with van der Waals surface area (Å²) in [6, 6.07) is 67.5. The van der Waals surface area contributed by atoms with Crippen LogP contribution in [-0.4, -0.2) is 14.1 Å². The van der Waals surface area contributed by atoms with E-state index >= 15 is 0 Å². The fourth-order valence-electron chi connectivity index (χ4n) is 11.0. The van der Waals surface area contributed by atoms with Crippen LogP contribution in [0.2, 0.25) is 0 Å². The van der Waals surface area contributed by atoms with Crippen molar-refractivity contribution in [3.8, 4) is 28.4 Å². The van der Waals surface area contributed by atoms with E-state index in [2.05, 4.69) is 268 Å². The number of hydrogen-bond acceptors (Lipinski definition) is 3. The number of fused-ring (bicyclic) bond motifs is 10. The molecule has 0 radical (unpaired) electrons. The molecule has 1 aliphatic rings. The second-order valence-corrected chi connectivity index (χ2v) is 24.7. The summed E-state index contributed by atoms with van der Waals surface area (Å²) in [5.74, 6) is 2.04. The quantitative estimate of drug-likeness (QED) is 0.161. The van der Waals surface area contributed by atoms with Crippen LogP contribution in [0.1, 0.15) is 105 Å². The Hall–Kier alpha value is -7.33. The molecule has 12 rings (SSSR count). The number of rotatable bonds is 5. The third kappa shape index (κ3) is 8.81. The summed E-state index contributed by atoms with van der Waals surface area (Å²) in [4.78, 5) is 7.20. The van der Waals surface area contributed by atoms with Crippen LogP contribution < -0.4 is 9.64 Å². The Balaban J connectivity index is 0.00000616. The molecule has 0 amide bonds. The Kier molecular flexibility index (Phi) is 12.3. The van der Waals surface area contributed by atoms with Crippen molar-refractivity contribution in [2.24, 2.45) is 0 Å². The summed E-state index contributed by atoms with van der Waals surface area (Å²) in [5, 5.41) is 9.36. The van der Waals surface area contributed by atoms with Crippen molar-refractivity contribution in [3.63, 3.8) is 0 Å². The van der Waals surface area contributed by atoms with Crippen LogP contribution in [0.5, 0.6) is 11.5 Å². The Bertz CT molecular complexity index is 4150. The molecule has 11 aromatic rings. The molecule has 384 valence electrons. The number of hydrogen-bond donors (Lipinski definition) is 0. The van der Waals surface area contributed by atoms with Gasteiger partial charge in [0.25, 0.3) is 0 Å². The molecule has 0 N–H and O–H groups in total. The van der Waals surface area contributed by atoms with E-state index in [0.29, 0.717) is 11.5 Å². The van der Waals surface area contributed by atoms with Gasteiger partial charge in [-0.15, -0.1) is 35.7 Å². The molecule has 0 unspecified atom stereocenters. The molecule has 0 saturated heterocycles. The van der Waals surface area contributed by atoms with E-state index in [4.69, 9.17) is 9.72 Å². The molecule has 76 heavy (non-hydrogen) atoms. The Morgan fingerprint density at radius 2 is 1.00 bits per heavy atom. The second kappa shape index (κ2) is 18.5. The molecule has 0 atom stereocenters. The number of nitrogens with zero attached hydrogens (tertiary/aromatic N) is 4. The maximum absolute atomic E-state index is 6.83. The molecule has 5 nitrogen and oxygen atoms in total. The van der Waals surface area contributed by atoms with Gasteiger partial charge in [-0.1, -0.05) is 203 Å². The molecule has 6 heteroatoms. The van der Waals surface area contributed by atoms with Gasteiger partial charge in [-0.05, 0) is 135 Å². The fourth-order valence-corrected chi connectivity index (χ4v) is 11.0. The molecule has 1 aliphatic heterocycles. The van der Waals surface area contributed by atoms with Crippen molar-refractivity contribution in [2.75, 3.05) is 4.90 Å². The van der Waals surface area contributed by atoms with Crippen molar-refractivity contribution in [1.82, 2.24) is 14.1 Å². The first kappa shape index (κ1) is 50.8.